The third-order valence-corrected chi connectivity index (χ3v) is 4.70. The highest BCUT2D eigenvalue weighted by Gasteiger charge is 2.37. The second-order valence-electron chi connectivity index (χ2n) is 6.78. The van der Waals surface area contributed by atoms with E-state index in [-0.39, 0.29) is 35.1 Å². The van der Waals surface area contributed by atoms with E-state index in [4.69, 9.17) is 16.8 Å². The predicted molar refractivity (Wildman–Crippen MR) is 102 cm³/mol. The molecule has 0 bridgehead atoms. The fraction of sp³-hybridized carbons (Fsp3) is 0.300. The van der Waals surface area contributed by atoms with Crippen LogP contribution in [0.3, 0.4) is 0 Å². The highest BCUT2D eigenvalue weighted by Crippen LogP contribution is 2.37. The molecule has 0 amide bonds. The number of oxime groups is 1. The van der Waals surface area contributed by atoms with E-state index in [9.17, 15) is 39.5 Å². The van der Waals surface area contributed by atoms with E-state index < -0.39 is 41.3 Å². The normalized spacial score (nSPS) is 14.4. The van der Waals surface area contributed by atoms with E-state index >= 15 is 0 Å². The molecule has 180 valence electrons. The summed E-state index contributed by atoms with van der Waals surface area (Å²) in [6.45, 7) is 0. The van der Waals surface area contributed by atoms with Gasteiger partial charge in [0.15, 0.2) is 0 Å². The van der Waals surface area contributed by atoms with Crippen molar-refractivity contribution in [3.05, 3.63) is 69.5 Å². The van der Waals surface area contributed by atoms with Gasteiger partial charge in [-0.1, -0.05) is 23.8 Å². The number of hydrogen-bond acceptors (Lipinski definition) is 3. The lowest BCUT2D eigenvalue weighted by Crippen LogP contribution is -2.11. The average molecular weight is 505 g/mol. The Morgan fingerprint density at radius 2 is 1.48 bits per heavy atom. The average Bonchev–Trinajstić information content (AvgIpc) is 2.68. The first-order valence-electron chi connectivity index (χ1n) is 8.99. The largest absolute Gasteiger partial charge is 0.433 e. The summed E-state index contributed by atoms with van der Waals surface area (Å²) in [6, 6.07) is 1.73. The van der Waals surface area contributed by atoms with Gasteiger partial charge >= 0.3 is 18.5 Å². The van der Waals surface area contributed by atoms with Crippen LogP contribution >= 0.6 is 11.6 Å². The molecular weight excluding hydrogens is 491 g/mol. The van der Waals surface area contributed by atoms with Gasteiger partial charge < -0.3 is 5.21 Å². The smallest absolute Gasteiger partial charge is 0.411 e. The molecule has 0 aliphatic heterocycles. The standard InChI is InChI=1S/C20H14ClF9N2O/c21-16-10-31-17(20(28,29)30)8-15(16)12(9-32-33)4-2-1-3-11-5-13(18(22,23)24)7-14(6-11)19(25,26)27/h1,3,5-10,12,33H,2,4H2. The molecule has 2 rings (SSSR count). The molecule has 1 unspecified atom stereocenters. The highest BCUT2D eigenvalue weighted by molar-refractivity contribution is 6.31. The molecule has 0 radical (unpaired) electrons. The number of aromatic nitrogens is 1. The third-order valence-electron chi connectivity index (χ3n) is 4.39. The Labute approximate surface area is 186 Å². The summed E-state index contributed by atoms with van der Waals surface area (Å²) in [7, 11) is 0. The lowest BCUT2D eigenvalue weighted by molar-refractivity contribution is -0.143. The number of halogens is 10. The van der Waals surface area contributed by atoms with Crippen LogP contribution in [0, 0.1) is 0 Å². The zero-order valence-electron chi connectivity index (χ0n) is 16.2. The molecular formula is C20H14ClF9N2O. The summed E-state index contributed by atoms with van der Waals surface area (Å²) in [5.74, 6) is -0.941. The van der Waals surface area contributed by atoms with E-state index in [1.807, 2.05) is 0 Å². The van der Waals surface area contributed by atoms with Gasteiger partial charge in [0, 0.05) is 12.1 Å². The molecule has 2 aromatic rings. The number of nitrogens with zero attached hydrogens (tertiary/aromatic N) is 2. The molecule has 0 fully saturated rings. The maximum absolute atomic E-state index is 12.9. The molecule has 3 nitrogen and oxygen atoms in total. The van der Waals surface area contributed by atoms with E-state index in [2.05, 4.69) is 10.1 Å². The van der Waals surface area contributed by atoms with Gasteiger partial charge in [0.25, 0.3) is 0 Å². The van der Waals surface area contributed by atoms with Crippen LogP contribution in [0.25, 0.3) is 6.08 Å². The lowest BCUT2D eigenvalue weighted by Gasteiger charge is -2.15. The Balaban J connectivity index is 2.26. The van der Waals surface area contributed by atoms with Gasteiger partial charge in [-0.3, -0.25) is 4.98 Å². The minimum atomic E-state index is -5.00. The summed E-state index contributed by atoms with van der Waals surface area (Å²) in [5.41, 5.74) is -4.64. The summed E-state index contributed by atoms with van der Waals surface area (Å²) in [5, 5.41) is 11.5. The number of allylic oxidation sites excluding steroid dienone is 1. The molecule has 1 aromatic heterocycles. The third kappa shape index (κ3) is 7.37. The number of hydrogen-bond donors (Lipinski definition) is 1. The first-order valence-corrected chi connectivity index (χ1v) is 9.37. The lowest BCUT2D eigenvalue weighted by atomic mass is 9.95. The fourth-order valence-corrected chi connectivity index (χ4v) is 3.10. The van der Waals surface area contributed by atoms with Crippen LogP contribution in [0.2, 0.25) is 5.02 Å². The highest BCUT2D eigenvalue weighted by atomic mass is 35.5. The van der Waals surface area contributed by atoms with Crippen LogP contribution in [-0.4, -0.2) is 16.4 Å². The molecule has 1 N–H and O–H groups in total. The number of rotatable bonds is 6. The molecule has 0 saturated heterocycles. The van der Waals surface area contributed by atoms with Gasteiger partial charge in [-0.25, -0.2) is 0 Å². The van der Waals surface area contributed by atoms with Gasteiger partial charge in [-0.05, 0) is 48.2 Å². The number of benzene rings is 1. The second-order valence-corrected chi connectivity index (χ2v) is 7.19. The quantitative estimate of drug-likeness (QED) is 0.189. The van der Waals surface area contributed by atoms with Crippen molar-refractivity contribution in [3.8, 4) is 0 Å². The summed E-state index contributed by atoms with van der Waals surface area (Å²) in [4.78, 5) is 3.18. The van der Waals surface area contributed by atoms with Crippen LogP contribution in [0.1, 0.15) is 46.7 Å². The Bertz CT molecular complexity index is 995. The van der Waals surface area contributed by atoms with Crippen LogP contribution in [0.15, 0.2) is 41.7 Å². The van der Waals surface area contributed by atoms with Crippen LogP contribution in [0.4, 0.5) is 39.5 Å². The zero-order chi connectivity index (χ0) is 25.0. The van der Waals surface area contributed by atoms with Crippen molar-refractivity contribution in [1.29, 1.82) is 0 Å². The predicted octanol–water partition coefficient (Wildman–Crippen LogP) is 7.83. The first kappa shape index (κ1) is 26.5. The van der Waals surface area contributed by atoms with Crippen molar-refractivity contribution in [2.24, 2.45) is 5.16 Å². The Kier molecular flexibility index (Phi) is 8.04. The molecule has 13 heteroatoms. The van der Waals surface area contributed by atoms with E-state index in [0.29, 0.717) is 18.2 Å². The van der Waals surface area contributed by atoms with Crippen molar-refractivity contribution in [3.63, 3.8) is 0 Å². The van der Waals surface area contributed by atoms with Gasteiger partial charge in [-0.15, -0.1) is 5.16 Å². The van der Waals surface area contributed by atoms with E-state index in [1.54, 1.807) is 0 Å². The van der Waals surface area contributed by atoms with Gasteiger partial charge in [0.05, 0.1) is 22.4 Å². The molecule has 1 aromatic carbocycles. The van der Waals surface area contributed by atoms with Crippen LogP contribution in [0.5, 0.6) is 0 Å². The monoisotopic (exact) mass is 504 g/mol. The second kappa shape index (κ2) is 10.0. The maximum atomic E-state index is 12.9. The molecule has 1 atom stereocenters. The molecule has 33 heavy (non-hydrogen) atoms. The molecule has 0 aliphatic rings. The first-order chi connectivity index (χ1) is 15.1. The Hall–Kier alpha value is -2.76. The zero-order valence-corrected chi connectivity index (χ0v) is 17.0. The molecule has 1 heterocycles. The van der Waals surface area contributed by atoms with Crippen molar-refractivity contribution in [2.45, 2.75) is 37.3 Å². The Morgan fingerprint density at radius 3 is 1.97 bits per heavy atom. The van der Waals surface area contributed by atoms with Crippen molar-refractivity contribution >= 4 is 23.9 Å². The molecule has 0 saturated carbocycles. The topological polar surface area (TPSA) is 45.5 Å². The van der Waals surface area contributed by atoms with Crippen molar-refractivity contribution < 1.29 is 44.7 Å². The minimum Gasteiger partial charge on any atom is -0.411 e. The van der Waals surface area contributed by atoms with Crippen LogP contribution < -0.4 is 0 Å². The number of alkyl halides is 9. The fourth-order valence-electron chi connectivity index (χ4n) is 2.85. The van der Waals surface area contributed by atoms with Gasteiger partial charge in [0.2, 0.25) is 0 Å². The van der Waals surface area contributed by atoms with Gasteiger partial charge in [0.1, 0.15) is 5.69 Å². The minimum absolute atomic E-state index is 0.00520. The molecule has 0 aliphatic carbocycles. The Morgan fingerprint density at radius 1 is 0.909 bits per heavy atom. The molecule has 0 spiro atoms. The van der Waals surface area contributed by atoms with Crippen LogP contribution in [-0.2, 0) is 18.5 Å². The SMILES string of the molecule is ON=CC(CCC=Cc1cc(C(F)(F)F)cc(C(F)(F)F)c1)c1cc(C(F)(F)F)ncc1Cl. The van der Waals surface area contributed by atoms with Crippen molar-refractivity contribution in [1.82, 2.24) is 4.98 Å². The van der Waals surface area contributed by atoms with E-state index in [1.165, 1.54) is 6.08 Å². The summed E-state index contributed by atoms with van der Waals surface area (Å²) < 4.78 is 116. The number of pyridine rings is 1. The maximum Gasteiger partial charge on any atom is 0.433 e. The summed E-state index contributed by atoms with van der Waals surface area (Å²) in [6.07, 6.45) is -10.8. The summed E-state index contributed by atoms with van der Waals surface area (Å²) >= 11 is 5.90. The van der Waals surface area contributed by atoms with Crippen molar-refractivity contribution in [2.75, 3.05) is 0 Å². The van der Waals surface area contributed by atoms with Gasteiger partial charge in [-0.2, -0.15) is 39.5 Å². The van der Waals surface area contributed by atoms with E-state index in [0.717, 1.165) is 18.5 Å².